The number of rotatable bonds is 5. The minimum atomic E-state index is 1.04. The van der Waals surface area contributed by atoms with E-state index in [9.17, 15) is 0 Å². The van der Waals surface area contributed by atoms with E-state index in [0.717, 1.165) is 19.3 Å². The first-order chi connectivity index (χ1) is 4.91. The van der Waals surface area contributed by atoms with Gasteiger partial charge in [-0.15, -0.1) is 0 Å². The van der Waals surface area contributed by atoms with Gasteiger partial charge in [0.2, 0.25) is 0 Å². The Labute approximate surface area is 64.6 Å². The summed E-state index contributed by atoms with van der Waals surface area (Å²) >= 11 is 0. The van der Waals surface area contributed by atoms with Crippen molar-refractivity contribution in [1.29, 1.82) is 0 Å². The maximum absolute atomic E-state index is 3.77. The standard InChI is InChI=1S/C10H17/c1-3-5-7-9-10-8-6-4-2/h6,8-10H,1,3-5,7H2,2H3. The fraction of sp³-hybridized carbons (Fsp3) is 0.500. The van der Waals surface area contributed by atoms with Crippen LogP contribution in [0, 0.1) is 6.92 Å². The van der Waals surface area contributed by atoms with Gasteiger partial charge < -0.3 is 0 Å². The first-order valence-electron chi connectivity index (χ1n) is 4.02. The lowest BCUT2D eigenvalue weighted by Crippen LogP contribution is -1.65. The second kappa shape index (κ2) is 8.48. The lowest BCUT2D eigenvalue weighted by Gasteiger charge is -1.85. The van der Waals surface area contributed by atoms with E-state index in [4.69, 9.17) is 0 Å². The monoisotopic (exact) mass is 137 g/mol. The molecule has 10 heavy (non-hydrogen) atoms. The molecule has 0 nitrogen and oxygen atoms in total. The van der Waals surface area contributed by atoms with E-state index in [-0.39, 0.29) is 0 Å². The molecule has 0 aromatic carbocycles. The van der Waals surface area contributed by atoms with E-state index < -0.39 is 0 Å². The van der Waals surface area contributed by atoms with Gasteiger partial charge in [0, 0.05) is 0 Å². The highest BCUT2D eigenvalue weighted by Gasteiger charge is 1.74. The molecular weight excluding hydrogens is 120 g/mol. The molecule has 0 saturated heterocycles. The molecule has 0 aromatic rings. The number of hydrogen-bond donors (Lipinski definition) is 0. The zero-order valence-electron chi connectivity index (χ0n) is 6.84. The van der Waals surface area contributed by atoms with Gasteiger partial charge in [0.15, 0.2) is 0 Å². The average molecular weight is 137 g/mol. The van der Waals surface area contributed by atoms with Gasteiger partial charge in [-0.05, 0) is 19.3 Å². The second-order valence-corrected chi connectivity index (χ2v) is 2.26. The van der Waals surface area contributed by atoms with Crippen molar-refractivity contribution in [3.05, 3.63) is 31.2 Å². The van der Waals surface area contributed by atoms with Gasteiger partial charge in [0.25, 0.3) is 0 Å². The summed E-state index contributed by atoms with van der Waals surface area (Å²) in [4.78, 5) is 0. The van der Waals surface area contributed by atoms with Crippen LogP contribution in [0.1, 0.15) is 32.6 Å². The predicted molar refractivity (Wildman–Crippen MR) is 47.8 cm³/mol. The zero-order chi connectivity index (χ0) is 7.66. The highest BCUT2D eigenvalue weighted by Crippen LogP contribution is 1.94. The molecule has 0 aliphatic heterocycles. The Balaban J connectivity index is 3.11. The van der Waals surface area contributed by atoms with Crippen molar-refractivity contribution in [2.75, 3.05) is 0 Å². The molecule has 0 spiro atoms. The third-order valence-electron chi connectivity index (χ3n) is 1.24. The molecule has 0 aliphatic carbocycles. The van der Waals surface area contributed by atoms with Crippen LogP contribution in [0.15, 0.2) is 24.3 Å². The highest BCUT2D eigenvalue weighted by atomic mass is 13.8. The molecule has 0 unspecified atom stereocenters. The summed E-state index contributed by atoms with van der Waals surface area (Å²) in [6.45, 7) is 5.91. The van der Waals surface area contributed by atoms with Crippen LogP contribution >= 0.6 is 0 Å². The van der Waals surface area contributed by atoms with Crippen LogP contribution in [0.2, 0.25) is 0 Å². The van der Waals surface area contributed by atoms with Crippen LogP contribution in [-0.2, 0) is 0 Å². The third kappa shape index (κ3) is 7.48. The average Bonchev–Trinajstić information content (AvgIpc) is 1.97. The molecule has 0 bridgehead atoms. The normalized spacial score (nSPS) is 11.8. The van der Waals surface area contributed by atoms with Crippen LogP contribution in [0.5, 0.6) is 0 Å². The summed E-state index contributed by atoms with van der Waals surface area (Å²) in [6.07, 6.45) is 13.1. The van der Waals surface area contributed by atoms with E-state index >= 15 is 0 Å². The van der Waals surface area contributed by atoms with E-state index in [2.05, 4.69) is 38.2 Å². The topological polar surface area (TPSA) is 0 Å². The smallest absolute Gasteiger partial charge is 0.0348 e. The van der Waals surface area contributed by atoms with Gasteiger partial charge in [-0.2, -0.15) is 0 Å². The Morgan fingerprint density at radius 2 is 1.90 bits per heavy atom. The Morgan fingerprint density at radius 3 is 2.50 bits per heavy atom. The molecule has 0 fully saturated rings. The Morgan fingerprint density at radius 1 is 1.20 bits per heavy atom. The molecule has 0 N–H and O–H groups in total. The van der Waals surface area contributed by atoms with Crippen LogP contribution in [0.3, 0.4) is 0 Å². The molecule has 0 heterocycles. The highest BCUT2D eigenvalue weighted by molar-refractivity contribution is 5.01. The van der Waals surface area contributed by atoms with Crippen LogP contribution in [0.4, 0.5) is 0 Å². The minimum absolute atomic E-state index is 1.04. The van der Waals surface area contributed by atoms with Gasteiger partial charge in [-0.1, -0.05) is 44.6 Å². The zero-order valence-corrected chi connectivity index (χ0v) is 6.84. The van der Waals surface area contributed by atoms with Crippen molar-refractivity contribution in [2.24, 2.45) is 0 Å². The summed E-state index contributed by atoms with van der Waals surface area (Å²) in [7, 11) is 0. The maximum Gasteiger partial charge on any atom is -0.0348 e. The van der Waals surface area contributed by atoms with Gasteiger partial charge in [0.05, 0.1) is 0 Å². The fourth-order valence-electron chi connectivity index (χ4n) is 0.652. The van der Waals surface area contributed by atoms with Crippen molar-refractivity contribution in [1.82, 2.24) is 0 Å². The molecule has 0 atom stereocenters. The first kappa shape index (κ1) is 9.48. The fourth-order valence-corrected chi connectivity index (χ4v) is 0.652. The summed E-state index contributed by atoms with van der Waals surface area (Å²) in [6, 6.07) is 0. The largest absolute Gasteiger partial charge is 0.0848 e. The molecule has 0 rings (SSSR count). The van der Waals surface area contributed by atoms with Crippen LogP contribution < -0.4 is 0 Å². The molecule has 0 aliphatic rings. The van der Waals surface area contributed by atoms with Crippen LogP contribution in [-0.4, -0.2) is 0 Å². The molecule has 0 amide bonds. The second-order valence-electron chi connectivity index (χ2n) is 2.26. The molecule has 0 heteroatoms. The Kier molecular flexibility index (Phi) is 8.04. The molecule has 57 valence electrons. The summed E-state index contributed by atoms with van der Waals surface area (Å²) in [5.41, 5.74) is 0. The van der Waals surface area contributed by atoms with E-state index in [0.29, 0.717) is 0 Å². The summed E-state index contributed by atoms with van der Waals surface area (Å²) in [5, 5.41) is 0. The molecular formula is C10H17. The van der Waals surface area contributed by atoms with E-state index in [1.165, 1.54) is 6.42 Å². The Hall–Kier alpha value is -0.520. The van der Waals surface area contributed by atoms with Gasteiger partial charge in [0.1, 0.15) is 0 Å². The quantitative estimate of drug-likeness (QED) is 0.402. The number of allylic oxidation sites excluding steroid dienone is 4. The van der Waals surface area contributed by atoms with Crippen molar-refractivity contribution in [2.45, 2.75) is 32.6 Å². The maximum atomic E-state index is 3.77. The summed E-state index contributed by atoms with van der Waals surface area (Å²) < 4.78 is 0. The van der Waals surface area contributed by atoms with Crippen LogP contribution in [0.25, 0.3) is 0 Å². The predicted octanol–water partition coefficient (Wildman–Crippen LogP) is 3.51. The minimum Gasteiger partial charge on any atom is -0.0848 e. The molecule has 1 radical (unpaired) electrons. The first-order valence-corrected chi connectivity index (χ1v) is 4.02. The van der Waals surface area contributed by atoms with Crippen molar-refractivity contribution < 1.29 is 0 Å². The van der Waals surface area contributed by atoms with Gasteiger partial charge in [-0.3, -0.25) is 0 Å². The third-order valence-corrected chi connectivity index (χ3v) is 1.24. The SMILES string of the molecule is [CH2]CCCC=CC=CCC. The van der Waals surface area contributed by atoms with Crippen molar-refractivity contribution in [3.63, 3.8) is 0 Å². The van der Waals surface area contributed by atoms with Crippen molar-refractivity contribution in [3.8, 4) is 0 Å². The van der Waals surface area contributed by atoms with E-state index in [1.807, 2.05) is 0 Å². The number of hydrogen-bond acceptors (Lipinski definition) is 0. The Bertz CT molecular complexity index is 98.6. The molecule has 0 aromatic heterocycles. The van der Waals surface area contributed by atoms with Crippen molar-refractivity contribution >= 4 is 0 Å². The van der Waals surface area contributed by atoms with Gasteiger partial charge >= 0.3 is 0 Å². The van der Waals surface area contributed by atoms with E-state index in [1.54, 1.807) is 0 Å². The summed E-state index contributed by atoms with van der Waals surface area (Å²) in [5.74, 6) is 0. The number of unbranched alkanes of at least 4 members (excludes halogenated alkanes) is 2. The van der Waals surface area contributed by atoms with Gasteiger partial charge in [-0.25, -0.2) is 0 Å². The lowest BCUT2D eigenvalue weighted by molar-refractivity contribution is 0.866. The lowest BCUT2D eigenvalue weighted by atomic mass is 10.2. The molecule has 0 saturated carbocycles.